The Morgan fingerprint density at radius 2 is 1.68 bits per heavy atom. The van der Waals surface area contributed by atoms with E-state index in [1.807, 2.05) is 29.2 Å². The van der Waals surface area contributed by atoms with Crippen molar-refractivity contribution in [3.8, 4) is 17.6 Å². The van der Waals surface area contributed by atoms with Gasteiger partial charge in [-0.1, -0.05) is 46.9 Å². The first-order chi connectivity index (χ1) is 17.7. The van der Waals surface area contributed by atoms with E-state index in [0.717, 1.165) is 5.56 Å². The lowest BCUT2D eigenvalue weighted by molar-refractivity contribution is 0.263. The number of nitriles is 1. The minimum atomic E-state index is -3.99. The summed E-state index contributed by atoms with van der Waals surface area (Å²) in [5.74, 6) is 0.345. The van der Waals surface area contributed by atoms with Gasteiger partial charge < -0.3 is 15.0 Å². The first-order valence-electron chi connectivity index (χ1n) is 11.1. The maximum atomic E-state index is 13.6. The van der Waals surface area contributed by atoms with Crippen molar-refractivity contribution in [1.82, 2.24) is 14.5 Å². The molecule has 0 saturated carbocycles. The third-order valence-corrected chi connectivity index (χ3v) is 8.61. The average molecular weight is 596 g/mol. The molecule has 4 rings (SSSR count). The number of benzene rings is 3. The summed E-state index contributed by atoms with van der Waals surface area (Å²) in [5, 5.41) is 14.4. The number of nitrogens with zero attached hydrogens (tertiary/aromatic N) is 3. The number of rotatable bonds is 6. The molecule has 0 atom stereocenters. The van der Waals surface area contributed by atoms with Gasteiger partial charge in [-0.25, -0.2) is 8.42 Å². The quantitative estimate of drug-likeness (QED) is 0.366. The summed E-state index contributed by atoms with van der Waals surface area (Å²) in [6.45, 7) is 1.73. The molecule has 0 bridgehead atoms. The van der Waals surface area contributed by atoms with E-state index in [0.29, 0.717) is 39.8 Å². The van der Waals surface area contributed by atoms with Crippen LogP contribution in [-0.2, 0) is 16.6 Å². The number of halogens is 3. The van der Waals surface area contributed by atoms with Gasteiger partial charge >= 0.3 is 0 Å². The number of piperazine rings is 1. The van der Waals surface area contributed by atoms with Crippen LogP contribution in [0.5, 0.6) is 11.5 Å². The Morgan fingerprint density at radius 3 is 2.32 bits per heavy atom. The molecule has 0 amide bonds. The normalized spacial score (nSPS) is 14.2. The largest absolute Gasteiger partial charge is 0.456 e. The maximum Gasteiger partial charge on any atom is 0.246 e. The second-order valence-electron chi connectivity index (χ2n) is 8.16. The van der Waals surface area contributed by atoms with E-state index in [1.165, 1.54) is 34.6 Å². The fraction of sp³-hybridized carbons (Fsp3) is 0.200. The average Bonchev–Trinajstić information content (AvgIpc) is 2.87. The van der Waals surface area contributed by atoms with Crippen molar-refractivity contribution in [3.05, 3.63) is 86.9 Å². The molecule has 3 aromatic carbocycles. The van der Waals surface area contributed by atoms with Gasteiger partial charge in [-0.2, -0.15) is 9.57 Å². The molecule has 1 heterocycles. The number of sulfonamides is 1. The minimum absolute atomic E-state index is 0.0680. The first-order valence-corrected chi connectivity index (χ1v) is 14.1. The standard InChI is InChI=1S/C25H21Cl3N4O3S2/c26-19-3-1-2-18(10-19)16-30-25(36)31-6-8-32(9-7-31)37(33,34)24-11-17(15-29)4-5-23(24)35-22-13-20(27)12-21(28)14-22/h1-5,10-14H,6-9,16H2,(H,30,36). The van der Waals surface area contributed by atoms with Gasteiger partial charge in [0.1, 0.15) is 16.4 Å². The highest BCUT2D eigenvalue weighted by Gasteiger charge is 2.32. The second-order valence-corrected chi connectivity index (χ2v) is 11.8. The molecule has 0 unspecified atom stereocenters. The van der Waals surface area contributed by atoms with Crippen molar-refractivity contribution in [2.24, 2.45) is 0 Å². The number of thiocarbonyl (C=S) groups is 1. The van der Waals surface area contributed by atoms with Crippen molar-refractivity contribution in [2.45, 2.75) is 11.4 Å². The Kier molecular flexibility index (Phi) is 8.80. The van der Waals surface area contributed by atoms with E-state index in [9.17, 15) is 13.7 Å². The van der Waals surface area contributed by atoms with E-state index >= 15 is 0 Å². The number of ether oxygens (including phenoxy) is 1. The van der Waals surface area contributed by atoms with E-state index in [4.69, 9.17) is 51.8 Å². The molecule has 1 N–H and O–H groups in total. The molecular weight excluding hydrogens is 575 g/mol. The highest BCUT2D eigenvalue weighted by atomic mass is 35.5. The van der Waals surface area contributed by atoms with Crippen LogP contribution in [0.3, 0.4) is 0 Å². The predicted molar refractivity (Wildman–Crippen MR) is 149 cm³/mol. The zero-order valence-electron chi connectivity index (χ0n) is 19.3. The molecule has 1 aliphatic heterocycles. The van der Waals surface area contributed by atoms with Gasteiger partial charge in [-0.3, -0.25) is 0 Å². The van der Waals surface area contributed by atoms with Crippen LogP contribution in [0.1, 0.15) is 11.1 Å². The summed E-state index contributed by atoms with van der Waals surface area (Å²) < 4.78 is 34.5. The number of hydrogen-bond donors (Lipinski definition) is 1. The summed E-state index contributed by atoms with van der Waals surface area (Å²) in [6, 6.07) is 18.3. The van der Waals surface area contributed by atoms with Gasteiger partial charge in [-0.15, -0.1) is 0 Å². The van der Waals surface area contributed by atoms with Crippen LogP contribution in [0.2, 0.25) is 15.1 Å². The van der Waals surface area contributed by atoms with Crippen molar-refractivity contribution in [2.75, 3.05) is 26.2 Å². The van der Waals surface area contributed by atoms with Crippen LogP contribution in [0, 0.1) is 11.3 Å². The Labute approximate surface area is 236 Å². The van der Waals surface area contributed by atoms with E-state index in [-0.39, 0.29) is 35.0 Å². The van der Waals surface area contributed by atoms with Crippen LogP contribution in [0.25, 0.3) is 0 Å². The Balaban J connectivity index is 1.47. The molecule has 1 saturated heterocycles. The lowest BCUT2D eigenvalue weighted by atomic mass is 10.2. The van der Waals surface area contributed by atoms with Gasteiger partial charge in [-0.05, 0) is 66.3 Å². The summed E-state index contributed by atoms with van der Waals surface area (Å²) in [6.07, 6.45) is 0. The highest BCUT2D eigenvalue weighted by Crippen LogP contribution is 2.34. The smallest absolute Gasteiger partial charge is 0.246 e. The molecule has 12 heteroatoms. The fourth-order valence-corrected chi connectivity index (χ4v) is 6.32. The first kappa shape index (κ1) is 27.5. The predicted octanol–water partition coefficient (Wildman–Crippen LogP) is 5.69. The van der Waals surface area contributed by atoms with Crippen LogP contribution in [0.4, 0.5) is 0 Å². The Bertz CT molecular complexity index is 1450. The fourth-order valence-electron chi connectivity index (χ4n) is 3.78. The molecule has 0 aromatic heterocycles. The Hall–Kier alpha value is -2.58. The van der Waals surface area contributed by atoms with Crippen LogP contribution >= 0.6 is 47.0 Å². The number of nitrogens with one attached hydrogen (secondary N) is 1. The SMILES string of the molecule is N#Cc1ccc(Oc2cc(Cl)cc(Cl)c2)c(S(=O)(=O)N2CCN(C(=S)NCc3cccc(Cl)c3)CC2)c1. The summed E-state index contributed by atoms with van der Waals surface area (Å²) in [5.41, 5.74) is 1.18. The maximum absolute atomic E-state index is 13.6. The van der Waals surface area contributed by atoms with Gasteiger partial charge in [0.05, 0.1) is 11.6 Å². The monoisotopic (exact) mass is 594 g/mol. The zero-order valence-corrected chi connectivity index (χ0v) is 23.2. The van der Waals surface area contributed by atoms with Crippen molar-refractivity contribution in [3.63, 3.8) is 0 Å². The van der Waals surface area contributed by atoms with E-state index in [2.05, 4.69) is 5.32 Å². The van der Waals surface area contributed by atoms with Gasteiger partial charge in [0.15, 0.2) is 5.11 Å². The van der Waals surface area contributed by atoms with Crippen molar-refractivity contribution >= 4 is 62.2 Å². The van der Waals surface area contributed by atoms with Crippen molar-refractivity contribution < 1.29 is 13.2 Å². The summed E-state index contributed by atoms with van der Waals surface area (Å²) in [7, 11) is -3.99. The lowest BCUT2D eigenvalue weighted by Gasteiger charge is -2.35. The molecule has 3 aromatic rings. The lowest BCUT2D eigenvalue weighted by Crippen LogP contribution is -2.52. The molecule has 1 fully saturated rings. The minimum Gasteiger partial charge on any atom is -0.456 e. The third-order valence-electron chi connectivity index (χ3n) is 5.61. The van der Waals surface area contributed by atoms with Crippen LogP contribution in [-0.4, -0.2) is 48.9 Å². The topological polar surface area (TPSA) is 85.7 Å². The molecule has 1 aliphatic rings. The molecule has 37 heavy (non-hydrogen) atoms. The van der Waals surface area contributed by atoms with Gasteiger partial charge in [0, 0.05) is 47.8 Å². The molecule has 7 nitrogen and oxygen atoms in total. The van der Waals surface area contributed by atoms with E-state index < -0.39 is 10.0 Å². The zero-order chi connectivity index (χ0) is 26.6. The number of hydrogen-bond acceptors (Lipinski definition) is 5. The molecule has 0 aliphatic carbocycles. The molecule has 0 spiro atoms. The molecular formula is C25H21Cl3N4O3S2. The van der Waals surface area contributed by atoms with Gasteiger partial charge in [0.25, 0.3) is 0 Å². The molecule has 0 radical (unpaired) electrons. The van der Waals surface area contributed by atoms with Gasteiger partial charge in [0.2, 0.25) is 10.0 Å². The van der Waals surface area contributed by atoms with Crippen molar-refractivity contribution in [1.29, 1.82) is 5.26 Å². The van der Waals surface area contributed by atoms with E-state index in [1.54, 1.807) is 12.1 Å². The van der Waals surface area contributed by atoms with Crippen LogP contribution in [0.15, 0.2) is 65.6 Å². The second kappa shape index (κ2) is 11.9. The summed E-state index contributed by atoms with van der Waals surface area (Å²) in [4.78, 5) is 1.81. The molecule has 192 valence electrons. The summed E-state index contributed by atoms with van der Waals surface area (Å²) >= 11 is 23.7. The third kappa shape index (κ3) is 6.85. The highest BCUT2D eigenvalue weighted by molar-refractivity contribution is 7.89. The van der Waals surface area contributed by atoms with Crippen LogP contribution < -0.4 is 10.1 Å². The Morgan fingerprint density at radius 1 is 0.973 bits per heavy atom.